The first-order chi connectivity index (χ1) is 11.0. The van der Waals surface area contributed by atoms with Gasteiger partial charge in [0.25, 0.3) is 0 Å². The first kappa shape index (κ1) is 15.9. The van der Waals surface area contributed by atoms with Gasteiger partial charge in [-0.2, -0.15) is 0 Å². The van der Waals surface area contributed by atoms with Crippen LogP contribution >= 0.6 is 0 Å². The van der Waals surface area contributed by atoms with Gasteiger partial charge in [0.15, 0.2) is 6.10 Å². The lowest BCUT2D eigenvalue weighted by atomic mass is 9.67. The van der Waals surface area contributed by atoms with Crippen molar-refractivity contribution >= 4 is 5.97 Å². The van der Waals surface area contributed by atoms with Crippen LogP contribution in [0, 0.1) is 17.8 Å². The van der Waals surface area contributed by atoms with Crippen molar-refractivity contribution in [1.82, 2.24) is 4.98 Å². The molecule has 0 spiro atoms. The SMILES string of the molecule is C=C(C)C1CC=C(C)C2C(C(=O)OC)OC(c3ccccn3)C12. The zero-order chi connectivity index (χ0) is 16.6. The van der Waals surface area contributed by atoms with Crippen LogP contribution in [-0.2, 0) is 14.3 Å². The monoisotopic (exact) mass is 313 g/mol. The van der Waals surface area contributed by atoms with Crippen LogP contribution in [0.1, 0.15) is 32.1 Å². The van der Waals surface area contributed by atoms with Crippen molar-refractivity contribution in [1.29, 1.82) is 0 Å². The average Bonchev–Trinajstić information content (AvgIpc) is 2.96. The number of allylic oxidation sites excluding steroid dienone is 2. The van der Waals surface area contributed by atoms with Gasteiger partial charge in [0.05, 0.1) is 12.8 Å². The maximum Gasteiger partial charge on any atom is 0.335 e. The molecule has 1 aliphatic carbocycles. The fourth-order valence-electron chi connectivity index (χ4n) is 3.99. The highest BCUT2D eigenvalue weighted by atomic mass is 16.6. The molecule has 0 saturated carbocycles. The number of ether oxygens (including phenoxy) is 2. The van der Waals surface area contributed by atoms with Gasteiger partial charge in [-0.3, -0.25) is 4.98 Å². The highest BCUT2D eigenvalue weighted by Gasteiger charge is 2.53. The molecule has 1 aromatic rings. The van der Waals surface area contributed by atoms with Crippen molar-refractivity contribution in [3.8, 4) is 0 Å². The van der Waals surface area contributed by atoms with E-state index in [1.54, 1.807) is 6.20 Å². The van der Waals surface area contributed by atoms with Gasteiger partial charge in [-0.15, -0.1) is 0 Å². The summed E-state index contributed by atoms with van der Waals surface area (Å²) in [5, 5.41) is 0. The van der Waals surface area contributed by atoms with Crippen LogP contribution < -0.4 is 0 Å². The van der Waals surface area contributed by atoms with Gasteiger partial charge < -0.3 is 9.47 Å². The van der Waals surface area contributed by atoms with E-state index in [2.05, 4.69) is 31.5 Å². The summed E-state index contributed by atoms with van der Waals surface area (Å²) in [5.74, 6) is 0.153. The zero-order valence-corrected chi connectivity index (χ0v) is 13.9. The molecular weight excluding hydrogens is 290 g/mol. The molecule has 1 aliphatic heterocycles. The average molecular weight is 313 g/mol. The number of carbonyl (C=O) groups excluding carboxylic acids is 1. The van der Waals surface area contributed by atoms with Crippen LogP contribution in [0.4, 0.5) is 0 Å². The molecule has 23 heavy (non-hydrogen) atoms. The van der Waals surface area contributed by atoms with Gasteiger partial charge in [-0.1, -0.05) is 29.9 Å². The minimum Gasteiger partial charge on any atom is -0.467 e. The van der Waals surface area contributed by atoms with Gasteiger partial charge in [0.1, 0.15) is 6.10 Å². The molecule has 4 heteroatoms. The number of hydrogen-bond acceptors (Lipinski definition) is 4. The Morgan fingerprint density at radius 1 is 1.43 bits per heavy atom. The van der Waals surface area contributed by atoms with Gasteiger partial charge in [0.2, 0.25) is 0 Å². The Labute approximate surface area is 137 Å². The van der Waals surface area contributed by atoms with Gasteiger partial charge >= 0.3 is 5.97 Å². The number of carbonyl (C=O) groups is 1. The first-order valence-electron chi connectivity index (χ1n) is 8.01. The number of fused-ring (bicyclic) bond motifs is 1. The van der Waals surface area contributed by atoms with E-state index in [-0.39, 0.29) is 29.8 Å². The third kappa shape index (κ3) is 2.72. The third-order valence-corrected chi connectivity index (χ3v) is 5.11. The maximum absolute atomic E-state index is 12.3. The van der Waals surface area contributed by atoms with Crippen molar-refractivity contribution in [2.24, 2.45) is 17.8 Å². The number of nitrogens with zero attached hydrogens (tertiary/aromatic N) is 1. The standard InChI is InChI=1S/C19H23NO3/c1-11(2)13-9-8-12(3)15-16(13)17(14-7-5-6-10-20-14)23-18(15)19(21)22-4/h5-8,10,13,15-18H,1,9H2,2-4H3. The molecular formula is C19H23NO3. The molecule has 122 valence electrons. The fraction of sp³-hybridized carbons (Fsp3) is 0.474. The number of esters is 1. The van der Waals surface area contributed by atoms with Crippen LogP contribution in [0.3, 0.4) is 0 Å². The lowest BCUT2D eigenvalue weighted by Gasteiger charge is -2.35. The molecule has 2 aliphatic rings. The lowest BCUT2D eigenvalue weighted by Crippen LogP contribution is -2.35. The largest absolute Gasteiger partial charge is 0.467 e. The quantitative estimate of drug-likeness (QED) is 0.633. The summed E-state index contributed by atoms with van der Waals surface area (Å²) in [6, 6.07) is 5.80. The molecule has 1 aromatic heterocycles. The summed E-state index contributed by atoms with van der Waals surface area (Å²) in [6.07, 6.45) is 4.12. The molecule has 0 bridgehead atoms. The van der Waals surface area contributed by atoms with Crippen LogP contribution in [0.15, 0.2) is 48.2 Å². The van der Waals surface area contributed by atoms with Crippen molar-refractivity contribution < 1.29 is 14.3 Å². The number of pyridine rings is 1. The molecule has 1 fully saturated rings. The summed E-state index contributed by atoms with van der Waals surface area (Å²) in [5.41, 5.74) is 3.19. The van der Waals surface area contributed by atoms with Crippen LogP contribution in [0.5, 0.6) is 0 Å². The van der Waals surface area contributed by atoms with Crippen molar-refractivity contribution in [2.75, 3.05) is 7.11 Å². The molecule has 0 radical (unpaired) electrons. The third-order valence-electron chi connectivity index (χ3n) is 5.11. The second-order valence-corrected chi connectivity index (χ2v) is 6.49. The van der Waals surface area contributed by atoms with Crippen molar-refractivity contribution in [3.63, 3.8) is 0 Å². The fourth-order valence-corrected chi connectivity index (χ4v) is 3.99. The summed E-state index contributed by atoms with van der Waals surface area (Å²) in [6.45, 7) is 8.29. The molecule has 3 rings (SSSR count). The smallest absolute Gasteiger partial charge is 0.335 e. The first-order valence-corrected chi connectivity index (χ1v) is 8.01. The van der Waals surface area contributed by atoms with Gasteiger partial charge in [-0.05, 0) is 38.3 Å². The number of methoxy groups -OCH3 is 1. The molecule has 5 unspecified atom stereocenters. The van der Waals surface area contributed by atoms with E-state index in [1.807, 2.05) is 18.2 Å². The number of rotatable bonds is 3. The number of aromatic nitrogens is 1. The van der Waals surface area contributed by atoms with Crippen molar-refractivity contribution in [2.45, 2.75) is 32.5 Å². The Morgan fingerprint density at radius 2 is 2.22 bits per heavy atom. The van der Waals surface area contributed by atoms with Crippen LogP contribution in [0.25, 0.3) is 0 Å². The summed E-state index contributed by atoms with van der Waals surface area (Å²) in [4.78, 5) is 16.7. The molecule has 2 heterocycles. The van der Waals surface area contributed by atoms with E-state index in [0.29, 0.717) is 0 Å². The predicted molar refractivity (Wildman–Crippen MR) is 87.5 cm³/mol. The second-order valence-electron chi connectivity index (χ2n) is 6.49. The van der Waals surface area contributed by atoms with E-state index in [9.17, 15) is 4.79 Å². The summed E-state index contributed by atoms with van der Waals surface area (Å²) < 4.78 is 11.2. The topological polar surface area (TPSA) is 48.4 Å². The Bertz CT molecular complexity index is 637. The Balaban J connectivity index is 2.05. The van der Waals surface area contributed by atoms with Crippen LogP contribution in [0.2, 0.25) is 0 Å². The van der Waals surface area contributed by atoms with Crippen LogP contribution in [-0.4, -0.2) is 24.2 Å². The van der Waals surface area contributed by atoms with E-state index >= 15 is 0 Å². The Morgan fingerprint density at radius 3 is 2.83 bits per heavy atom. The van der Waals surface area contributed by atoms with E-state index < -0.39 is 6.10 Å². The lowest BCUT2D eigenvalue weighted by molar-refractivity contribution is -0.154. The summed E-state index contributed by atoms with van der Waals surface area (Å²) >= 11 is 0. The number of hydrogen-bond donors (Lipinski definition) is 0. The minimum absolute atomic E-state index is 0.0184. The van der Waals surface area contributed by atoms with E-state index in [1.165, 1.54) is 12.7 Å². The van der Waals surface area contributed by atoms with E-state index in [4.69, 9.17) is 9.47 Å². The minimum atomic E-state index is -0.574. The van der Waals surface area contributed by atoms with Crippen molar-refractivity contribution in [3.05, 3.63) is 53.9 Å². The molecule has 0 amide bonds. The molecule has 1 saturated heterocycles. The Kier molecular flexibility index (Phi) is 4.35. The zero-order valence-electron chi connectivity index (χ0n) is 13.9. The highest BCUT2D eigenvalue weighted by molar-refractivity contribution is 5.76. The van der Waals surface area contributed by atoms with Gasteiger partial charge in [-0.25, -0.2) is 4.79 Å². The predicted octanol–water partition coefficient (Wildman–Crippen LogP) is 3.47. The second kappa shape index (κ2) is 6.28. The van der Waals surface area contributed by atoms with Gasteiger partial charge in [0, 0.05) is 18.0 Å². The molecule has 0 aromatic carbocycles. The summed E-state index contributed by atoms with van der Waals surface area (Å²) in [7, 11) is 1.41. The molecule has 0 N–H and O–H groups in total. The molecule has 4 nitrogen and oxygen atoms in total. The Hall–Kier alpha value is -1.94. The highest BCUT2D eigenvalue weighted by Crippen LogP contribution is 2.53. The van der Waals surface area contributed by atoms with E-state index in [0.717, 1.165) is 17.7 Å². The maximum atomic E-state index is 12.3. The molecule has 5 atom stereocenters. The normalized spacial score (nSPS) is 32.8.